The van der Waals surface area contributed by atoms with Crippen molar-refractivity contribution in [2.45, 2.75) is 51.3 Å². The van der Waals surface area contributed by atoms with E-state index in [1.807, 2.05) is 24.3 Å². The molecular formula is C21H22F4O. The third-order valence-corrected chi connectivity index (χ3v) is 5.30. The lowest BCUT2D eigenvalue weighted by molar-refractivity contribution is -0.275. The van der Waals surface area contributed by atoms with Crippen molar-refractivity contribution in [3.8, 4) is 16.9 Å². The molecule has 0 amide bonds. The maximum absolute atomic E-state index is 13.9. The first-order chi connectivity index (χ1) is 12.4. The van der Waals surface area contributed by atoms with E-state index >= 15 is 0 Å². The van der Waals surface area contributed by atoms with Gasteiger partial charge >= 0.3 is 6.36 Å². The van der Waals surface area contributed by atoms with E-state index in [1.165, 1.54) is 43.7 Å². The molecule has 0 bridgehead atoms. The molecule has 0 spiro atoms. The van der Waals surface area contributed by atoms with Crippen molar-refractivity contribution in [1.29, 1.82) is 0 Å². The van der Waals surface area contributed by atoms with E-state index in [9.17, 15) is 17.6 Å². The SMILES string of the molecule is CCC1CCC(c2ccc(-c3ccc(OC(F)(F)F)c(F)c3)cc2)CC1. The van der Waals surface area contributed by atoms with Crippen LogP contribution in [0.15, 0.2) is 42.5 Å². The number of hydrogen-bond acceptors (Lipinski definition) is 1. The first kappa shape index (κ1) is 18.7. The molecule has 1 nitrogen and oxygen atoms in total. The monoisotopic (exact) mass is 366 g/mol. The highest BCUT2D eigenvalue weighted by Gasteiger charge is 2.32. The Morgan fingerprint density at radius 2 is 1.54 bits per heavy atom. The molecule has 2 aromatic rings. The topological polar surface area (TPSA) is 9.23 Å². The number of ether oxygens (including phenoxy) is 1. The van der Waals surface area contributed by atoms with E-state index in [2.05, 4.69) is 11.7 Å². The largest absolute Gasteiger partial charge is 0.573 e. The maximum Gasteiger partial charge on any atom is 0.573 e. The Bertz CT molecular complexity index is 729. The van der Waals surface area contributed by atoms with Crippen LogP contribution in [-0.2, 0) is 0 Å². The Balaban J connectivity index is 1.72. The molecule has 0 N–H and O–H groups in total. The van der Waals surface area contributed by atoms with Crippen molar-refractivity contribution in [3.05, 3.63) is 53.8 Å². The van der Waals surface area contributed by atoms with Crippen LogP contribution in [-0.4, -0.2) is 6.36 Å². The van der Waals surface area contributed by atoms with Crippen molar-refractivity contribution >= 4 is 0 Å². The fraction of sp³-hybridized carbons (Fsp3) is 0.429. The van der Waals surface area contributed by atoms with Crippen LogP contribution in [0.3, 0.4) is 0 Å². The Morgan fingerprint density at radius 1 is 0.923 bits per heavy atom. The van der Waals surface area contributed by atoms with E-state index < -0.39 is 17.9 Å². The van der Waals surface area contributed by atoms with Gasteiger partial charge in [-0.2, -0.15) is 0 Å². The molecule has 3 rings (SSSR count). The molecule has 2 aromatic carbocycles. The molecule has 0 unspecified atom stereocenters. The van der Waals surface area contributed by atoms with Crippen molar-refractivity contribution < 1.29 is 22.3 Å². The summed E-state index contributed by atoms with van der Waals surface area (Å²) in [7, 11) is 0. The van der Waals surface area contributed by atoms with Crippen LogP contribution in [0.5, 0.6) is 5.75 Å². The quantitative estimate of drug-likeness (QED) is 0.526. The van der Waals surface area contributed by atoms with Gasteiger partial charge in [0.05, 0.1) is 0 Å². The summed E-state index contributed by atoms with van der Waals surface area (Å²) in [6.07, 6.45) is 1.24. The van der Waals surface area contributed by atoms with E-state index in [-0.39, 0.29) is 0 Å². The molecule has 0 heterocycles. The number of halogens is 4. The molecule has 0 aromatic heterocycles. The smallest absolute Gasteiger partial charge is 0.403 e. The van der Waals surface area contributed by atoms with Crippen LogP contribution < -0.4 is 4.74 Å². The first-order valence-corrected chi connectivity index (χ1v) is 9.01. The van der Waals surface area contributed by atoms with E-state index in [0.717, 1.165) is 23.6 Å². The minimum absolute atomic E-state index is 0.526. The summed E-state index contributed by atoms with van der Waals surface area (Å²) in [5.74, 6) is -0.440. The average molecular weight is 366 g/mol. The predicted molar refractivity (Wildman–Crippen MR) is 93.5 cm³/mol. The second kappa shape index (κ2) is 7.68. The van der Waals surface area contributed by atoms with E-state index in [1.54, 1.807) is 0 Å². The van der Waals surface area contributed by atoms with Gasteiger partial charge in [-0.25, -0.2) is 4.39 Å². The first-order valence-electron chi connectivity index (χ1n) is 9.01. The average Bonchev–Trinajstić information content (AvgIpc) is 2.63. The summed E-state index contributed by atoms with van der Waals surface area (Å²) in [5.41, 5.74) is 2.58. The fourth-order valence-corrected chi connectivity index (χ4v) is 3.74. The third-order valence-electron chi connectivity index (χ3n) is 5.30. The molecule has 1 aliphatic rings. The number of rotatable bonds is 4. The fourth-order valence-electron chi connectivity index (χ4n) is 3.74. The Labute approximate surface area is 151 Å². The number of hydrogen-bond donors (Lipinski definition) is 0. The van der Waals surface area contributed by atoms with Gasteiger partial charge in [-0.05, 0) is 66.3 Å². The Morgan fingerprint density at radius 3 is 2.08 bits per heavy atom. The van der Waals surface area contributed by atoms with Crippen molar-refractivity contribution in [3.63, 3.8) is 0 Å². The molecular weight excluding hydrogens is 344 g/mol. The zero-order valence-electron chi connectivity index (χ0n) is 14.7. The number of alkyl halides is 3. The molecule has 0 radical (unpaired) electrons. The lowest BCUT2D eigenvalue weighted by Crippen LogP contribution is -2.17. The molecule has 1 aliphatic carbocycles. The highest BCUT2D eigenvalue weighted by Crippen LogP contribution is 2.37. The van der Waals surface area contributed by atoms with Gasteiger partial charge in [0.2, 0.25) is 0 Å². The highest BCUT2D eigenvalue weighted by atomic mass is 19.4. The van der Waals surface area contributed by atoms with Gasteiger partial charge in [-0.1, -0.05) is 43.7 Å². The maximum atomic E-state index is 13.9. The standard InChI is InChI=1S/C21H22F4O/c1-2-14-3-5-15(6-4-14)16-7-9-17(10-8-16)18-11-12-20(19(22)13-18)26-21(23,24)25/h7-15H,2-6H2,1H3. The number of benzene rings is 2. The predicted octanol–water partition coefficient (Wildman–Crippen LogP) is 7.08. The zero-order valence-corrected chi connectivity index (χ0v) is 14.7. The summed E-state index contributed by atoms with van der Waals surface area (Å²) in [5, 5.41) is 0. The van der Waals surface area contributed by atoms with Crippen LogP contribution in [0, 0.1) is 11.7 Å². The van der Waals surface area contributed by atoms with Gasteiger partial charge in [0.1, 0.15) is 0 Å². The molecule has 5 heteroatoms. The molecule has 140 valence electrons. The van der Waals surface area contributed by atoms with Crippen LogP contribution in [0.2, 0.25) is 0 Å². The van der Waals surface area contributed by atoms with Gasteiger partial charge in [0.25, 0.3) is 0 Å². The second-order valence-corrected chi connectivity index (χ2v) is 6.94. The molecule has 0 saturated heterocycles. The summed E-state index contributed by atoms with van der Waals surface area (Å²) in [6.45, 7) is 2.24. The summed E-state index contributed by atoms with van der Waals surface area (Å²) >= 11 is 0. The lowest BCUT2D eigenvalue weighted by atomic mass is 9.77. The molecule has 0 atom stereocenters. The minimum Gasteiger partial charge on any atom is -0.403 e. The van der Waals surface area contributed by atoms with Gasteiger partial charge in [0.15, 0.2) is 11.6 Å². The Kier molecular flexibility index (Phi) is 5.54. The summed E-state index contributed by atoms with van der Waals surface area (Å²) < 4.78 is 54.2. The van der Waals surface area contributed by atoms with Crippen LogP contribution >= 0.6 is 0 Å². The van der Waals surface area contributed by atoms with Crippen molar-refractivity contribution in [2.75, 3.05) is 0 Å². The zero-order chi connectivity index (χ0) is 18.7. The van der Waals surface area contributed by atoms with Gasteiger partial charge in [0, 0.05) is 0 Å². The van der Waals surface area contributed by atoms with Crippen molar-refractivity contribution in [1.82, 2.24) is 0 Å². The van der Waals surface area contributed by atoms with Gasteiger partial charge in [-0.3, -0.25) is 0 Å². The molecule has 1 saturated carbocycles. The van der Waals surface area contributed by atoms with Gasteiger partial charge in [-0.15, -0.1) is 13.2 Å². The normalized spacial score (nSPS) is 20.8. The van der Waals surface area contributed by atoms with Crippen LogP contribution in [0.25, 0.3) is 11.1 Å². The summed E-state index contributed by atoms with van der Waals surface area (Å²) in [6, 6.07) is 11.4. The molecule has 0 aliphatic heterocycles. The summed E-state index contributed by atoms with van der Waals surface area (Å²) in [4.78, 5) is 0. The highest BCUT2D eigenvalue weighted by molar-refractivity contribution is 5.64. The van der Waals surface area contributed by atoms with Gasteiger partial charge < -0.3 is 4.74 Å². The Hall–Kier alpha value is -2.04. The third kappa shape index (κ3) is 4.57. The second-order valence-electron chi connectivity index (χ2n) is 6.94. The van der Waals surface area contributed by atoms with Crippen LogP contribution in [0.1, 0.15) is 50.5 Å². The van der Waals surface area contributed by atoms with Crippen LogP contribution in [0.4, 0.5) is 17.6 Å². The van der Waals surface area contributed by atoms with E-state index in [4.69, 9.17) is 0 Å². The van der Waals surface area contributed by atoms with Crippen molar-refractivity contribution in [2.24, 2.45) is 5.92 Å². The molecule has 26 heavy (non-hydrogen) atoms. The minimum atomic E-state index is -4.90. The lowest BCUT2D eigenvalue weighted by Gasteiger charge is -2.28. The molecule has 1 fully saturated rings. The van der Waals surface area contributed by atoms with E-state index in [0.29, 0.717) is 11.5 Å².